The zero-order valence-electron chi connectivity index (χ0n) is 13.8. The van der Waals surface area contributed by atoms with Crippen molar-refractivity contribution in [1.29, 1.82) is 0 Å². The van der Waals surface area contributed by atoms with Crippen LogP contribution in [0.1, 0.15) is 25.3 Å². The van der Waals surface area contributed by atoms with Crippen molar-refractivity contribution in [3.8, 4) is 11.5 Å². The number of ether oxygens (including phenoxy) is 2. The second-order valence-corrected chi connectivity index (χ2v) is 5.22. The van der Waals surface area contributed by atoms with Gasteiger partial charge in [0.15, 0.2) is 0 Å². The maximum atomic E-state index is 11.8. The summed E-state index contributed by atoms with van der Waals surface area (Å²) in [5, 5.41) is 7.76. The molecule has 0 unspecified atom stereocenters. The molecule has 0 aliphatic carbocycles. The maximum Gasteiger partial charge on any atom is 0.248 e. The molecule has 0 fully saturated rings. The van der Waals surface area contributed by atoms with Crippen molar-refractivity contribution in [1.82, 2.24) is 10.9 Å². The van der Waals surface area contributed by atoms with Gasteiger partial charge in [-0.15, -0.1) is 0 Å². The lowest BCUT2D eigenvalue weighted by Crippen LogP contribution is -2.25. The van der Waals surface area contributed by atoms with Crippen molar-refractivity contribution in [2.45, 2.75) is 19.8 Å². The molecule has 0 saturated carbocycles. The van der Waals surface area contributed by atoms with Crippen molar-refractivity contribution in [2.75, 3.05) is 14.2 Å². The highest BCUT2D eigenvalue weighted by molar-refractivity contribution is 6.07. The Kier molecular flexibility index (Phi) is 5.89. The Morgan fingerprint density at radius 1 is 1.42 bits per heavy atom. The molecule has 1 aromatic rings. The fraction of sp³-hybridized carbons (Fsp3) is 0.375. The van der Waals surface area contributed by atoms with Gasteiger partial charge in [-0.3, -0.25) is 9.59 Å². The molecule has 24 heavy (non-hydrogen) atoms. The number of benzene rings is 1. The first-order valence-electron chi connectivity index (χ1n) is 7.43. The van der Waals surface area contributed by atoms with E-state index in [9.17, 15) is 9.59 Å². The molecule has 2 N–H and O–H groups in total. The Bertz CT molecular complexity index is 685. The number of carbonyl (C=O) groups excluding carboxylic acids is 2. The van der Waals surface area contributed by atoms with Gasteiger partial charge in [-0.25, -0.2) is 10.9 Å². The van der Waals surface area contributed by atoms with Gasteiger partial charge in [0.25, 0.3) is 0 Å². The molecular weight excluding hydrogens is 312 g/mol. The molecule has 1 aliphatic heterocycles. The SMILES string of the molecule is COc1ccc(C=NNC(=O)CC[C@@H]2C(=O)NN=C2C)c(OC)c1. The third-order valence-corrected chi connectivity index (χ3v) is 3.66. The van der Waals surface area contributed by atoms with Crippen molar-refractivity contribution < 1.29 is 19.1 Å². The lowest BCUT2D eigenvalue weighted by molar-refractivity contribution is -0.123. The summed E-state index contributed by atoms with van der Waals surface area (Å²) in [5.41, 5.74) is 6.23. The van der Waals surface area contributed by atoms with Crippen LogP contribution in [0.2, 0.25) is 0 Å². The van der Waals surface area contributed by atoms with Gasteiger partial charge in [-0.05, 0) is 25.5 Å². The van der Waals surface area contributed by atoms with E-state index in [4.69, 9.17) is 9.47 Å². The summed E-state index contributed by atoms with van der Waals surface area (Å²) in [7, 11) is 3.11. The summed E-state index contributed by atoms with van der Waals surface area (Å²) >= 11 is 0. The number of hydrazone groups is 2. The summed E-state index contributed by atoms with van der Waals surface area (Å²) in [6.45, 7) is 1.76. The third-order valence-electron chi connectivity index (χ3n) is 3.66. The minimum atomic E-state index is -0.346. The fourth-order valence-corrected chi connectivity index (χ4v) is 2.26. The van der Waals surface area contributed by atoms with Crippen LogP contribution in [-0.4, -0.2) is 38.0 Å². The molecule has 2 rings (SSSR count). The quantitative estimate of drug-likeness (QED) is 0.576. The minimum absolute atomic E-state index is 0.174. The first-order chi connectivity index (χ1) is 11.5. The van der Waals surface area contributed by atoms with E-state index in [1.54, 1.807) is 39.3 Å². The molecule has 1 aliphatic rings. The molecular formula is C16H20N4O4. The maximum absolute atomic E-state index is 11.8. The van der Waals surface area contributed by atoms with Crippen LogP contribution in [0.3, 0.4) is 0 Å². The molecule has 128 valence electrons. The monoisotopic (exact) mass is 332 g/mol. The summed E-state index contributed by atoms with van der Waals surface area (Å²) in [5.74, 6) is 0.459. The van der Waals surface area contributed by atoms with Gasteiger partial charge in [-0.1, -0.05) is 0 Å². The number of rotatable bonds is 7. The number of nitrogens with zero attached hydrogens (tertiary/aromatic N) is 2. The molecule has 8 heteroatoms. The summed E-state index contributed by atoms with van der Waals surface area (Å²) in [4.78, 5) is 23.3. The molecule has 0 saturated heterocycles. The molecule has 0 radical (unpaired) electrons. The summed E-state index contributed by atoms with van der Waals surface area (Å²) in [6.07, 6.45) is 2.07. The van der Waals surface area contributed by atoms with Crippen molar-refractivity contribution >= 4 is 23.7 Å². The van der Waals surface area contributed by atoms with E-state index in [-0.39, 0.29) is 24.2 Å². The smallest absolute Gasteiger partial charge is 0.248 e. The predicted molar refractivity (Wildman–Crippen MR) is 89.3 cm³/mol. The van der Waals surface area contributed by atoms with E-state index in [2.05, 4.69) is 21.1 Å². The Morgan fingerprint density at radius 3 is 2.83 bits per heavy atom. The molecule has 1 heterocycles. The first-order valence-corrected chi connectivity index (χ1v) is 7.43. The van der Waals surface area contributed by atoms with Crippen LogP contribution in [0.4, 0.5) is 0 Å². The van der Waals surface area contributed by atoms with Crippen LogP contribution in [-0.2, 0) is 9.59 Å². The first kappa shape index (κ1) is 17.5. The van der Waals surface area contributed by atoms with E-state index >= 15 is 0 Å². The van der Waals surface area contributed by atoms with E-state index in [1.165, 1.54) is 6.21 Å². The standard InChI is InChI=1S/C16H20N4O4/c1-10-13(16(22)20-18-10)6-7-15(21)19-17-9-11-4-5-12(23-2)8-14(11)24-3/h4-5,8-9,13H,6-7H2,1-3H3,(H,19,21)(H,20,22)/t13-/m0/s1. The molecule has 2 amide bonds. The summed E-state index contributed by atoms with van der Waals surface area (Å²) in [6, 6.07) is 5.27. The average molecular weight is 332 g/mol. The van der Waals surface area contributed by atoms with E-state index < -0.39 is 0 Å². The number of carbonyl (C=O) groups is 2. The van der Waals surface area contributed by atoms with Gasteiger partial charge in [0.05, 0.1) is 26.4 Å². The largest absolute Gasteiger partial charge is 0.497 e. The highest BCUT2D eigenvalue weighted by Gasteiger charge is 2.26. The van der Waals surface area contributed by atoms with Gasteiger partial charge in [0.1, 0.15) is 11.5 Å². The molecule has 0 bridgehead atoms. The van der Waals surface area contributed by atoms with Gasteiger partial charge >= 0.3 is 0 Å². The number of methoxy groups -OCH3 is 2. The zero-order valence-corrected chi connectivity index (χ0v) is 13.8. The van der Waals surface area contributed by atoms with Crippen molar-refractivity contribution in [2.24, 2.45) is 16.1 Å². The average Bonchev–Trinajstić information content (AvgIpc) is 2.91. The second kappa shape index (κ2) is 8.09. The van der Waals surface area contributed by atoms with Crippen LogP contribution >= 0.6 is 0 Å². The van der Waals surface area contributed by atoms with E-state index in [0.717, 1.165) is 0 Å². The van der Waals surface area contributed by atoms with Crippen LogP contribution in [0, 0.1) is 5.92 Å². The van der Waals surface area contributed by atoms with Gasteiger partial charge in [0, 0.05) is 23.8 Å². The van der Waals surface area contributed by atoms with E-state index in [0.29, 0.717) is 29.2 Å². The van der Waals surface area contributed by atoms with Gasteiger partial charge < -0.3 is 9.47 Å². The molecule has 1 atom stereocenters. The van der Waals surface area contributed by atoms with Crippen LogP contribution in [0.15, 0.2) is 28.4 Å². The predicted octanol–water partition coefficient (Wildman–Crippen LogP) is 1.06. The lowest BCUT2D eigenvalue weighted by atomic mass is 9.99. The number of hydrogen-bond acceptors (Lipinski definition) is 6. The lowest BCUT2D eigenvalue weighted by Gasteiger charge is -2.07. The second-order valence-electron chi connectivity index (χ2n) is 5.22. The third kappa shape index (κ3) is 4.31. The Labute approximate surface area is 139 Å². The topological polar surface area (TPSA) is 101 Å². The number of hydrogen-bond donors (Lipinski definition) is 2. The van der Waals surface area contributed by atoms with Crippen LogP contribution < -0.4 is 20.3 Å². The molecule has 0 spiro atoms. The molecule has 8 nitrogen and oxygen atoms in total. The number of amides is 2. The Morgan fingerprint density at radius 2 is 2.21 bits per heavy atom. The van der Waals surface area contributed by atoms with Crippen molar-refractivity contribution in [3.63, 3.8) is 0 Å². The molecule has 0 aromatic heterocycles. The Balaban J connectivity index is 1.86. The Hall–Kier alpha value is -2.90. The van der Waals surface area contributed by atoms with Crippen LogP contribution in [0.5, 0.6) is 11.5 Å². The van der Waals surface area contributed by atoms with Crippen molar-refractivity contribution in [3.05, 3.63) is 23.8 Å². The highest BCUT2D eigenvalue weighted by Crippen LogP contribution is 2.23. The highest BCUT2D eigenvalue weighted by atomic mass is 16.5. The molecule has 1 aromatic carbocycles. The fourth-order valence-electron chi connectivity index (χ4n) is 2.26. The normalized spacial score (nSPS) is 16.7. The van der Waals surface area contributed by atoms with Gasteiger partial charge in [-0.2, -0.15) is 10.2 Å². The minimum Gasteiger partial charge on any atom is -0.497 e. The van der Waals surface area contributed by atoms with Crippen LogP contribution in [0.25, 0.3) is 0 Å². The van der Waals surface area contributed by atoms with E-state index in [1.807, 2.05) is 0 Å². The number of nitrogens with one attached hydrogen (secondary N) is 2. The van der Waals surface area contributed by atoms with Gasteiger partial charge in [0.2, 0.25) is 11.8 Å². The summed E-state index contributed by atoms with van der Waals surface area (Å²) < 4.78 is 10.4. The zero-order chi connectivity index (χ0) is 17.5.